The second-order valence-electron chi connectivity index (χ2n) is 6.52. The molecule has 4 nitrogen and oxygen atoms in total. The smallest absolute Gasteiger partial charge is 0.251 e. The van der Waals surface area contributed by atoms with Gasteiger partial charge in [-0.3, -0.25) is 9.59 Å². The van der Waals surface area contributed by atoms with Crippen LogP contribution in [0.5, 0.6) is 0 Å². The molecular weight excluding hydrogens is 348 g/mol. The van der Waals surface area contributed by atoms with Crippen LogP contribution in [-0.2, 0) is 6.54 Å². The SMILES string of the molecule is CCN(Cc1cccc(C(=O)NCC(=O)c2ccccc2)c1)c1ccccc1. The van der Waals surface area contributed by atoms with Gasteiger partial charge in [0.05, 0.1) is 6.54 Å². The molecule has 0 aliphatic carbocycles. The summed E-state index contributed by atoms with van der Waals surface area (Å²) < 4.78 is 0. The van der Waals surface area contributed by atoms with Crippen molar-refractivity contribution in [1.29, 1.82) is 0 Å². The van der Waals surface area contributed by atoms with Crippen molar-refractivity contribution < 1.29 is 9.59 Å². The molecule has 0 heterocycles. The number of carbonyl (C=O) groups excluding carboxylic acids is 2. The first-order valence-electron chi connectivity index (χ1n) is 9.42. The van der Waals surface area contributed by atoms with Crippen LogP contribution in [-0.4, -0.2) is 24.8 Å². The maximum atomic E-state index is 12.5. The monoisotopic (exact) mass is 372 g/mol. The summed E-state index contributed by atoms with van der Waals surface area (Å²) in [5.41, 5.74) is 3.35. The number of amides is 1. The van der Waals surface area contributed by atoms with Gasteiger partial charge in [-0.25, -0.2) is 0 Å². The van der Waals surface area contributed by atoms with Crippen LogP contribution in [0.4, 0.5) is 5.69 Å². The van der Waals surface area contributed by atoms with Gasteiger partial charge in [-0.15, -0.1) is 0 Å². The van der Waals surface area contributed by atoms with E-state index in [0.29, 0.717) is 17.7 Å². The molecule has 4 heteroatoms. The molecule has 1 amide bonds. The molecule has 0 saturated heterocycles. The van der Waals surface area contributed by atoms with Crippen LogP contribution >= 0.6 is 0 Å². The van der Waals surface area contributed by atoms with Crippen LogP contribution in [0.2, 0.25) is 0 Å². The molecular formula is C24H24N2O2. The summed E-state index contributed by atoms with van der Waals surface area (Å²) in [6, 6.07) is 26.7. The number of carbonyl (C=O) groups is 2. The zero-order chi connectivity index (χ0) is 19.8. The average molecular weight is 372 g/mol. The van der Waals surface area contributed by atoms with Gasteiger partial charge in [0.2, 0.25) is 0 Å². The average Bonchev–Trinajstić information content (AvgIpc) is 2.77. The number of hydrogen-bond donors (Lipinski definition) is 1. The van der Waals surface area contributed by atoms with Crippen LogP contribution in [0.25, 0.3) is 0 Å². The van der Waals surface area contributed by atoms with Crippen molar-refractivity contribution >= 4 is 17.4 Å². The summed E-state index contributed by atoms with van der Waals surface area (Å²) in [7, 11) is 0. The molecule has 3 aromatic carbocycles. The van der Waals surface area contributed by atoms with E-state index >= 15 is 0 Å². The molecule has 3 rings (SSSR count). The normalized spacial score (nSPS) is 10.3. The first kappa shape index (κ1) is 19.4. The standard InChI is InChI=1S/C24H24N2O2/c1-2-26(22-14-7-4-8-15-22)18-19-10-9-13-21(16-19)24(28)25-17-23(27)20-11-5-3-6-12-20/h3-16H,2,17-18H2,1H3,(H,25,28). The third-order valence-electron chi connectivity index (χ3n) is 4.57. The van der Waals surface area contributed by atoms with E-state index < -0.39 is 0 Å². The van der Waals surface area contributed by atoms with Gasteiger partial charge in [0.25, 0.3) is 5.91 Å². The largest absolute Gasteiger partial charge is 0.367 e. The van der Waals surface area contributed by atoms with Gasteiger partial charge in [0, 0.05) is 29.9 Å². The Labute approximate surface area is 165 Å². The number of benzene rings is 3. The molecule has 0 radical (unpaired) electrons. The molecule has 0 aliphatic rings. The first-order valence-corrected chi connectivity index (χ1v) is 9.42. The lowest BCUT2D eigenvalue weighted by atomic mass is 10.1. The van der Waals surface area contributed by atoms with Crippen molar-refractivity contribution in [3.63, 3.8) is 0 Å². The van der Waals surface area contributed by atoms with Crippen molar-refractivity contribution in [3.05, 3.63) is 102 Å². The third kappa shape index (κ3) is 5.07. The number of rotatable bonds is 8. The molecule has 0 unspecified atom stereocenters. The molecule has 28 heavy (non-hydrogen) atoms. The zero-order valence-corrected chi connectivity index (χ0v) is 16.0. The van der Waals surface area contributed by atoms with E-state index in [4.69, 9.17) is 0 Å². The molecule has 1 N–H and O–H groups in total. The van der Waals surface area contributed by atoms with E-state index in [1.165, 1.54) is 0 Å². The van der Waals surface area contributed by atoms with Gasteiger partial charge in [-0.2, -0.15) is 0 Å². The summed E-state index contributed by atoms with van der Waals surface area (Å²) in [5.74, 6) is -0.347. The maximum Gasteiger partial charge on any atom is 0.251 e. The Balaban J connectivity index is 1.63. The Morgan fingerprint density at radius 1 is 0.821 bits per heavy atom. The van der Waals surface area contributed by atoms with Crippen molar-refractivity contribution in [3.8, 4) is 0 Å². The second-order valence-corrected chi connectivity index (χ2v) is 6.52. The lowest BCUT2D eigenvalue weighted by Gasteiger charge is -2.23. The Bertz CT molecular complexity index is 924. The highest BCUT2D eigenvalue weighted by molar-refractivity contribution is 6.02. The molecule has 0 bridgehead atoms. The third-order valence-corrected chi connectivity index (χ3v) is 4.57. The Hall–Kier alpha value is -3.40. The van der Waals surface area contributed by atoms with E-state index in [2.05, 4.69) is 29.3 Å². The molecule has 0 spiro atoms. The van der Waals surface area contributed by atoms with Crippen molar-refractivity contribution in [2.45, 2.75) is 13.5 Å². The van der Waals surface area contributed by atoms with Crippen LogP contribution in [0.15, 0.2) is 84.9 Å². The van der Waals surface area contributed by atoms with E-state index in [0.717, 1.165) is 17.8 Å². The van der Waals surface area contributed by atoms with Crippen LogP contribution in [0, 0.1) is 0 Å². The van der Waals surface area contributed by atoms with Crippen LogP contribution in [0.3, 0.4) is 0 Å². The van der Waals surface area contributed by atoms with Crippen LogP contribution < -0.4 is 10.2 Å². The van der Waals surface area contributed by atoms with E-state index in [1.807, 2.05) is 54.6 Å². The molecule has 0 aliphatic heterocycles. The van der Waals surface area contributed by atoms with Gasteiger partial charge in [-0.1, -0.05) is 60.7 Å². The topological polar surface area (TPSA) is 49.4 Å². The predicted molar refractivity (Wildman–Crippen MR) is 113 cm³/mol. The summed E-state index contributed by atoms with van der Waals surface area (Å²) in [6.45, 7) is 3.67. The summed E-state index contributed by atoms with van der Waals surface area (Å²) >= 11 is 0. The Morgan fingerprint density at radius 2 is 1.46 bits per heavy atom. The van der Waals surface area contributed by atoms with Gasteiger partial charge >= 0.3 is 0 Å². The fourth-order valence-corrected chi connectivity index (χ4v) is 3.04. The minimum atomic E-state index is -0.242. The van der Waals surface area contributed by atoms with E-state index in [9.17, 15) is 9.59 Å². The van der Waals surface area contributed by atoms with E-state index in [-0.39, 0.29) is 18.2 Å². The molecule has 0 aromatic heterocycles. The van der Waals surface area contributed by atoms with Crippen molar-refractivity contribution in [1.82, 2.24) is 5.32 Å². The fourth-order valence-electron chi connectivity index (χ4n) is 3.04. The molecule has 142 valence electrons. The predicted octanol–water partition coefficient (Wildman–Crippen LogP) is 4.33. The minimum absolute atomic E-state index is 0.0157. The van der Waals surface area contributed by atoms with Crippen molar-refractivity contribution in [2.75, 3.05) is 18.0 Å². The minimum Gasteiger partial charge on any atom is -0.367 e. The van der Waals surface area contributed by atoms with Gasteiger partial charge in [-0.05, 0) is 36.8 Å². The Kier molecular flexibility index (Phi) is 6.58. The number of nitrogens with zero attached hydrogens (tertiary/aromatic N) is 1. The highest BCUT2D eigenvalue weighted by atomic mass is 16.2. The van der Waals surface area contributed by atoms with Gasteiger partial charge in [0.15, 0.2) is 5.78 Å². The van der Waals surface area contributed by atoms with Crippen molar-refractivity contribution in [2.24, 2.45) is 0 Å². The fraction of sp³-hybridized carbons (Fsp3) is 0.167. The lowest BCUT2D eigenvalue weighted by molar-refractivity contribution is 0.0904. The number of Topliss-reactive ketones (excluding diaryl/α,β-unsaturated/α-hetero) is 1. The second kappa shape index (κ2) is 9.51. The number of ketones is 1. The number of anilines is 1. The zero-order valence-electron chi connectivity index (χ0n) is 16.0. The molecule has 3 aromatic rings. The van der Waals surface area contributed by atoms with Gasteiger partial charge in [0.1, 0.15) is 0 Å². The molecule has 0 atom stereocenters. The number of para-hydroxylation sites is 1. The molecule has 0 fully saturated rings. The van der Waals surface area contributed by atoms with E-state index in [1.54, 1.807) is 18.2 Å². The first-order chi connectivity index (χ1) is 13.7. The highest BCUT2D eigenvalue weighted by Gasteiger charge is 2.11. The summed E-state index contributed by atoms with van der Waals surface area (Å²) in [6.07, 6.45) is 0. The quantitative estimate of drug-likeness (QED) is 0.599. The lowest BCUT2D eigenvalue weighted by Crippen LogP contribution is -2.29. The van der Waals surface area contributed by atoms with Gasteiger partial charge < -0.3 is 10.2 Å². The number of nitrogens with one attached hydrogen (secondary N) is 1. The van der Waals surface area contributed by atoms with Crippen LogP contribution in [0.1, 0.15) is 33.2 Å². The summed E-state index contributed by atoms with van der Waals surface area (Å²) in [5, 5.41) is 2.72. The highest BCUT2D eigenvalue weighted by Crippen LogP contribution is 2.17. The molecule has 0 saturated carbocycles. The maximum absolute atomic E-state index is 12.5. The number of hydrogen-bond acceptors (Lipinski definition) is 3. The Morgan fingerprint density at radius 3 is 2.14 bits per heavy atom. The summed E-state index contributed by atoms with van der Waals surface area (Å²) in [4.78, 5) is 26.9.